The highest BCUT2D eigenvalue weighted by Crippen LogP contribution is 2.27. The summed E-state index contributed by atoms with van der Waals surface area (Å²) in [7, 11) is 0. The lowest BCUT2D eigenvalue weighted by atomic mass is 10.1. The zero-order chi connectivity index (χ0) is 19.9. The van der Waals surface area contributed by atoms with Crippen LogP contribution in [-0.2, 0) is 4.79 Å². The molecular formula is C20H23N3O4. The van der Waals surface area contributed by atoms with E-state index in [0.717, 1.165) is 0 Å². The van der Waals surface area contributed by atoms with Crippen LogP contribution in [0.5, 0.6) is 11.5 Å². The van der Waals surface area contributed by atoms with Crippen molar-refractivity contribution >= 4 is 11.6 Å². The quantitative estimate of drug-likeness (QED) is 0.615. The molecule has 7 nitrogen and oxygen atoms in total. The van der Waals surface area contributed by atoms with Crippen molar-refractivity contribution in [3.05, 3.63) is 54.1 Å². The van der Waals surface area contributed by atoms with E-state index in [9.17, 15) is 20.3 Å². The number of nitrogens with one attached hydrogen (secondary N) is 1. The first-order valence-corrected chi connectivity index (χ1v) is 8.56. The second kappa shape index (κ2) is 9.03. The number of benzene rings is 2. The fourth-order valence-electron chi connectivity index (χ4n) is 2.71. The van der Waals surface area contributed by atoms with E-state index in [4.69, 9.17) is 4.74 Å². The van der Waals surface area contributed by atoms with Crippen LogP contribution in [0.15, 0.2) is 48.5 Å². The molecule has 0 saturated heterocycles. The van der Waals surface area contributed by atoms with Gasteiger partial charge >= 0.3 is 0 Å². The Morgan fingerprint density at radius 3 is 2.52 bits per heavy atom. The van der Waals surface area contributed by atoms with Gasteiger partial charge in [0.05, 0.1) is 5.56 Å². The molecule has 0 aliphatic carbocycles. The number of hydrogen-bond donors (Lipinski definition) is 3. The van der Waals surface area contributed by atoms with E-state index in [1.54, 1.807) is 24.3 Å². The van der Waals surface area contributed by atoms with Crippen molar-refractivity contribution in [2.75, 3.05) is 24.6 Å². The predicted molar refractivity (Wildman–Crippen MR) is 101 cm³/mol. The number of aromatic hydroxyl groups is 1. The molecule has 0 spiro atoms. The Morgan fingerprint density at radius 1 is 1.26 bits per heavy atom. The zero-order valence-corrected chi connectivity index (χ0v) is 15.3. The van der Waals surface area contributed by atoms with Crippen molar-refractivity contribution < 1.29 is 19.7 Å². The summed E-state index contributed by atoms with van der Waals surface area (Å²) in [5.41, 5.74) is -0.957. The fourth-order valence-corrected chi connectivity index (χ4v) is 2.71. The van der Waals surface area contributed by atoms with E-state index < -0.39 is 11.6 Å². The Balaban J connectivity index is 2.35. The van der Waals surface area contributed by atoms with Gasteiger partial charge in [-0.1, -0.05) is 19.1 Å². The maximum absolute atomic E-state index is 12.3. The molecule has 1 amide bonds. The van der Waals surface area contributed by atoms with Gasteiger partial charge in [-0.2, -0.15) is 5.26 Å². The van der Waals surface area contributed by atoms with Gasteiger partial charge in [-0.15, -0.1) is 0 Å². The number of aliphatic hydroxyl groups is 1. The van der Waals surface area contributed by atoms with Crippen molar-refractivity contribution in [1.82, 2.24) is 5.32 Å². The van der Waals surface area contributed by atoms with E-state index in [-0.39, 0.29) is 18.9 Å². The number of hydrogen-bond acceptors (Lipinski definition) is 6. The molecule has 2 aromatic rings. The molecule has 3 N–H and O–H groups in total. The van der Waals surface area contributed by atoms with Crippen LogP contribution in [0.1, 0.15) is 19.4 Å². The van der Waals surface area contributed by atoms with Gasteiger partial charge in [0.15, 0.2) is 5.72 Å². The largest absolute Gasteiger partial charge is 0.508 e. The average Bonchev–Trinajstić information content (AvgIpc) is 2.66. The van der Waals surface area contributed by atoms with Crippen LogP contribution in [0, 0.1) is 11.3 Å². The molecule has 0 heterocycles. The number of phenolic OH excluding ortho intramolecular Hbond substituents is 1. The number of anilines is 1. The molecule has 0 saturated carbocycles. The molecule has 0 fully saturated rings. The highest BCUT2D eigenvalue weighted by molar-refractivity contribution is 5.92. The first kappa shape index (κ1) is 20.2. The number of nitriles is 1. The maximum atomic E-state index is 12.3. The Kier molecular flexibility index (Phi) is 6.77. The number of likely N-dealkylation sites (N-methyl/N-ethyl adjacent to an activating group) is 1. The molecule has 142 valence electrons. The van der Waals surface area contributed by atoms with Crippen LogP contribution in [0.2, 0.25) is 0 Å². The molecule has 7 heteroatoms. The van der Waals surface area contributed by atoms with Crippen LogP contribution < -0.4 is 15.0 Å². The second-order valence-electron chi connectivity index (χ2n) is 6.03. The van der Waals surface area contributed by atoms with Crippen LogP contribution >= 0.6 is 0 Å². The zero-order valence-electron chi connectivity index (χ0n) is 15.3. The monoisotopic (exact) mass is 369 g/mol. The summed E-state index contributed by atoms with van der Waals surface area (Å²) in [5, 5.41) is 33.0. The smallest absolute Gasteiger partial charge is 0.226 e. The van der Waals surface area contributed by atoms with Gasteiger partial charge < -0.3 is 20.3 Å². The van der Waals surface area contributed by atoms with Crippen LogP contribution in [0.3, 0.4) is 0 Å². The van der Waals surface area contributed by atoms with Gasteiger partial charge in [0.2, 0.25) is 5.91 Å². The minimum Gasteiger partial charge on any atom is -0.508 e. The lowest BCUT2D eigenvalue weighted by molar-refractivity contribution is -0.122. The number of ether oxygens (including phenoxy) is 1. The van der Waals surface area contributed by atoms with Gasteiger partial charge in [0.1, 0.15) is 24.2 Å². The lowest BCUT2D eigenvalue weighted by Gasteiger charge is -2.39. The Labute approximate surface area is 158 Å². The highest BCUT2D eigenvalue weighted by atomic mass is 16.5. The van der Waals surface area contributed by atoms with Gasteiger partial charge in [-0.05, 0) is 42.9 Å². The summed E-state index contributed by atoms with van der Waals surface area (Å²) in [6.45, 7) is 3.61. The van der Waals surface area contributed by atoms with E-state index >= 15 is 0 Å². The minimum absolute atomic E-state index is 0.0525. The number of rotatable bonds is 8. The molecule has 0 aliphatic rings. The summed E-state index contributed by atoms with van der Waals surface area (Å²) in [6.07, 6.45) is 0. The summed E-state index contributed by atoms with van der Waals surface area (Å²) in [5.74, 6) is -0.0148. The third kappa shape index (κ3) is 4.97. The average molecular weight is 369 g/mol. The Hall–Kier alpha value is -3.08. The van der Waals surface area contributed by atoms with Gasteiger partial charge in [0.25, 0.3) is 0 Å². The molecular weight excluding hydrogens is 346 g/mol. The third-order valence-corrected chi connectivity index (χ3v) is 3.96. The molecule has 1 atom stereocenters. The van der Waals surface area contributed by atoms with Crippen molar-refractivity contribution in [3.63, 3.8) is 0 Å². The summed E-state index contributed by atoms with van der Waals surface area (Å²) < 4.78 is 5.71. The fraction of sp³-hybridized carbons (Fsp3) is 0.300. The first-order chi connectivity index (χ1) is 12.9. The molecule has 0 aromatic heterocycles. The Morgan fingerprint density at radius 2 is 1.93 bits per heavy atom. The molecule has 0 radical (unpaired) electrons. The summed E-state index contributed by atoms with van der Waals surface area (Å²) in [6, 6.07) is 14.7. The number of phenols is 1. The minimum atomic E-state index is -1.71. The molecule has 0 aliphatic heterocycles. The number of carbonyl (C=O) groups is 1. The number of nitrogens with zero attached hydrogens (tertiary/aromatic N) is 2. The Bertz CT molecular complexity index is 817. The second-order valence-corrected chi connectivity index (χ2v) is 6.03. The van der Waals surface area contributed by atoms with Crippen molar-refractivity contribution in [3.8, 4) is 17.6 Å². The normalized spacial score (nSPS) is 12.7. The summed E-state index contributed by atoms with van der Waals surface area (Å²) >= 11 is 0. The van der Waals surface area contributed by atoms with Gasteiger partial charge in [-0.25, -0.2) is 0 Å². The molecule has 27 heavy (non-hydrogen) atoms. The molecule has 2 rings (SSSR count). The number of amides is 1. The van der Waals surface area contributed by atoms with Crippen molar-refractivity contribution in [2.45, 2.75) is 19.6 Å². The SMILES string of the molecule is CCNCC(O)(COc1ccccc1C#N)N(C(C)=O)c1ccc(O)cc1. The standard InChI is InChI=1S/C20H23N3O4/c1-3-22-13-20(26,14-27-19-7-5-4-6-16(19)12-21)23(15(2)24)17-8-10-18(25)11-9-17/h4-11,22,25-26H,3,13-14H2,1-2H3. The van der Waals surface area contributed by atoms with Crippen LogP contribution in [-0.4, -0.2) is 41.5 Å². The first-order valence-electron chi connectivity index (χ1n) is 8.56. The molecule has 0 bridgehead atoms. The number of carbonyl (C=O) groups excluding carboxylic acids is 1. The van der Waals surface area contributed by atoms with Gasteiger partial charge in [0, 0.05) is 19.2 Å². The van der Waals surface area contributed by atoms with E-state index in [0.29, 0.717) is 23.5 Å². The maximum Gasteiger partial charge on any atom is 0.226 e. The highest BCUT2D eigenvalue weighted by Gasteiger charge is 2.38. The molecule has 2 aromatic carbocycles. The van der Waals surface area contributed by atoms with Crippen LogP contribution in [0.4, 0.5) is 5.69 Å². The summed E-state index contributed by atoms with van der Waals surface area (Å²) in [4.78, 5) is 13.6. The van der Waals surface area contributed by atoms with Crippen molar-refractivity contribution in [1.29, 1.82) is 5.26 Å². The van der Waals surface area contributed by atoms with E-state index in [1.165, 1.54) is 36.1 Å². The predicted octanol–water partition coefficient (Wildman–Crippen LogP) is 1.99. The lowest BCUT2D eigenvalue weighted by Crippen LogP contribution is -2.60. The molecule has 1 unspecified atom stereocenters. The van der Waals surface area contributed by atoms with Crippen LogP contribution in [0.25, 0.3) is 0 Å². The van der Waals surface area contributed by atoms with Crippen molar-refractivity contribution in [2.24, 2.45) is 0 Å². The topological polar surface area (TPSA) is 106 Å². The third-order valence-electron chi connectivity index (χ3n) is 3.96. The van der Waals surface area contributed by atoms with Gasteiger partial charge in [-0.3, -0.25) is 9.69 Å². The van der Waals surface area contributed by atoms with E-state index in [1.807, 2.05) is 13.0 Å². The van der Waals surface area contributed by atoms with E-state index in [2.05, 4.69) is 5.32 Å². The number of para-hydroxylation sites is 1.